The molecule has 0 spiro atoms. The van der Waals surface area contributed by atoms with Gasteiger partial charge in [0.05, 0.1) is 12.8 Å². The van der Waals surface area contributed by atoms with Crippen molar-refractivity contribution in [1.29, 1.82) is 0 Å². The third-order valence-corrected chi connectivity index (χ3v) is 7.43. The number of nitrogens with zero attached hydrogens (tertiary/aromatic N) is 1. The van der Waals surface area contributed by atoms with Crippen molar-refractivity contribution >= 4 is 43.6 Å². The number of aromatic amines is 1. The summed E-state index contributed by atoms with van der Waals surface area (Å²) in [6, 6.07) is 12.5. The number of carbonyl (C=O) groups excluding carboxylic acids is 1. The van der Waals surface area contributed by atoms with Crippen LogP contribution in [0.5, 0.6) is 5.75 Å². The van der Waals surface area contributed by atoms with Crippen LogP contribution in [0.15, 0.2) is 58.0 Å². The molecule has 0 saturated carbocycles. The normalized spacial score (nSPS) is 15.0. The largest absolute Gasteiger partial charge is 0.495 e. The summed E-state index contributed by atoms with van der Waals surface area (Å²) in [5, 5.41) is 4.62. The van der Waals surface area contributed by atoms with Crippen LogP contribution in [0.25, 0.3) is 21.9 Å². The second-order valence-electron chi connectivity index (χ2n) is 7.46. The van der Waals surface area contributed by atoms with E-state index in [1.807, 2.05) is 30.3 Å². The SMILES string of the molecule is COc1cc2c(cc1NC(=O)c1cc(S(=O)(=O)N3CCCC3)c[nH]1)oc1ccccc12. The van der Waals surface area contributed by atoms with Gasteiger partial charge in [-0.15, -0.1) is 0 Å². The number of benzene rings is 2. The van der Waals surface area contributed by atoms with Crippen LogP contribution in [0.2, 0.25) is 0 Å². The number of fused-ring (bicyclic) bond motifs is 3. The number of hydrogen-bond acceptors (Lipinski definition) is 5. The lowest BCUT2D eigenvalue weighted by Crippen LogP contribution is -2.27. The van der Waals surface area contributed by atoms with E-state index in [-0.39, 0.29) is 10.6 Å². The Labute approximate surface area is 178 Å². The van der Waals surface area contributed by atoms with Gasteiger partial charge >= 0.3 is 0 Å². The van der Waals surface area contributed by atoms with Crippen LogP contribution in [-0.2, 0) is 10.0 Å². The number of nitrogens with one attached hydrogen (secondary N) is 2. The van der Waals surface area contributed by atoms with Crippen molar-refractivity contribution in [2.75, 3.05) is 25.5 Å². The minimum Gasteiger partial charge on any atom is -0.495 e. The quantitative estimate of drug-likeness (QED) is 0.490. The second kappa shape index (κ2) is 7.44. The van der Waals surface area contributed by atoms with Crippen molar-refractivity contribution in [3.8, 4) is 5.75 Å². The number of para-hydroxylation sites is 1. The zero-order valence-electron chi connectivity index (χ0n) is 16.8. The van der Waals surface area contributed by atoms with Gasteiger partial charge in [-0.2, -0.15) is 4.31 Å². The molecule has 0 bridgehead atoms. The van der Waals surface area contributed by atoms with Crippen molar-refractivity contribution in [1.82, 2.24) is 9.29 Å². The molecule has 3 heterocycles. The van der Waals surface area contributed by atoms with Gasteiger partial charge in [-0.25, -0.2) is 8.42 Å². The summed E-state index contributed by atoms with van der Waals surface area (Å²) in [6.45, 7) is 1.01. The molecule has 2 aromatic heterocycles. The van der Waals surface area contributed by atoms with Crippen molar-refractivity contribution in [3.63, 3.8) is 0 Å². The molecule has 1 aliphatic rings. The van der Waals surface area contributed by atoms with Gasteiger partial charge in [0.1, 0.15) is 27.5 Å². The maximum Gasteiger partial charge on any atom is 0.272 e. The predicted octanol–water partition coefficient (Wildman–Crippen LogP) is 3.96. The van der Waals surface area contributed by atoms with Crippen LogP contribution in [-0.4, -0.2) is 43.8 Å². The minimum atomic E-state index is -3.60. The first kappa shape index (κ1) is 19.7. The number of ether oxygens (including phenoxy) is 1. The number of hydrogen-bond donors (Lipinski definition) is 2. The zero-order chi connectivity index (χ0) is 21.6. The lowest BCUT2D eigenvalue weighted by molar-refractivity contribution is 0.102. The Morgan fingerprint density at radius 2 is 1.87 bits per heavy atom. The molecule has 0 atom stereocenters. The Bertz CT molecular complexity index is 1400. The molecule has 8 nitrogen and oxygen atoms in total. The third kappa shape index (κ3) is 3.35. The molecule has 1 aliphatic heterocycles. The molecule has 5 rings (SSSR count). The molecule has 2 aromatic carbocycles. The number of anilines is 1. The smallest absolute Gasteiger partial charge is 0.272 e. The van der Waals surface area contributed by atoms with E-state index >= 15 is 0 Å². The average Bonchev–Trinajstić information content (AvgIpc) is 3.52. The minimum absolute atomic E-state index is 0.0826. The van der Waals surface area contributed by atoms with Crippen LogP contribution < -0.4 is 10.1 Å². The first-order valence-corrected chi connectivity index (χ1v) is 11.4. The maximum absolute atomic E-state index is 12.8. The summed E-state index contributed by atoms with van der Waals surface area (Å²) >= 11 is 0. The molecule has 0 unspecified atom stereocenters. The number of methoxy groups -OCH3 is 1. The highest BCUT2D eigenvalue weighted by molar-refractivity contribution is 7.89. The fourth-order valence-electron chi connectivity index (χ4n) is 3.94. The fraction of sp³-hybridized carbons (Fsp3) is 0.227. The predicted molar refractivity (Wildman–Crippen MR) is 117 cm³/mol. The van der Waals surface area contributed by atoms with Crippen LogP contribution >= 0.6 is 0 Å². The maximum atomic E-state index is 12.8. The van der Waals surface area contributed by atoms with E-state index in [4.69, 9.17) is 9.15 Å². The van der Waals surface area contributed by atoms with Gasteiger partial charge in [0.25, 0.3) is 5.91 Å². The highest BCUT2D eigenvalue weighted by Crippen LogP contribution is 2.36. The zero-order valence-corrected chi connectivity index (χ0v) is 17.7. The molecule has 1 saturated heterocycles. The summed E-state index contributed by atoms with van der Waals surface area (Å²) in [6.07, 6.45) is 3.05. The van der Waals surface area contributed by atoms with E-state index in [9.17, 15) is 13.2 Å². The molecule has 2 N–H and O–H groups in total. The molecule has 160 valence electrons. The average molecular weight is 439 g/mol. The standard InChI is InChI=1S/C22H21N3O5S/c1-29-21-11-16-15-6-2-3-7-19(15)30-20(16)12-17(21)24-22(26)18-10-14(13-23-18)31(27,28)25-8-4-5-9-25/h2-3,6-7,10-13,23H,4-5,8-9H2,1H3,(H,24,26). The summed E-state index contributed by atoms with van der Waals surface area (Å²) in [7, 11) is -2.08. The van der Waals surface area contributed by atoms with Gasteiger partial charge in [0, 0.05) is 36.1 Å². The molecule has 1 amide bonds. The molecule has 4 aromatic rings. The van der Waals surface area contributed by atoms with Gasteiger partial charge in [-0.3, -0.25) is 4.79 Å². The van der Waals surface area contributed by atoms with Crippen LogP contribution in [0.1, 0.15) is 23.3 Å². The second-order valence-corrected chi connectivity index (χ2v) is 9.40. The molecule has 9 heteroatoms. The number of furan rings is 1. The topological polar surface area (TPSA) is 105 Å². The summed E-state index contributed by atoms with van der Waals surface area (Å²) < 4.78 is 38.2. The lowest BCUT2D eigenvalue weighted by atomic mass is 10.1. The Morgan fingerprint density at radius 1 is 1.10 bits per heavy atom. The van der Waals surface area contributed by atoms with Crippen LogP contribution in [0, 0.1) is 0 Å². The molecule has 0 radical (unpaired) electrons. The van der Waals surface area contributed by atoms with Gasteiger partial charge in [0.15, 0.2) is 0 Å². The number of amides is 1. The highest BCUT2D eigenvalue weighted by Gasteiger charge is 2.28. The van der Waals surface area contributed by atoms with E-state index in [1.165, 1.54) is 23.7 Å². The van der Waals surface area contributed by atoms with Crippen LogP contribution in [0.3, 0.4) is 0 Å². The van der Waals surface area contributed by atoms with Crippen LogP contribution in [0.4, 0.5) is 5.69 Å². The number of H-pyrrole nitrogens is 1. The summed E-state index contributed by atoms with van der Waals surface area (Å²) in [5.41, 5.74) is 1.92. The van der Waals surface area contributed by atoms with E-state index in [2.05, 4.69) is 10.3 Å². The van der Waals surface area contributed by atoms with Crippen molar-refractivity contribution < 1.29 is 22.4 Å². The van der Waals surface area contributed by atoms with Gasteiger partial charge in [-0.1, -0.05) is 18.2 Å². The summed E-state index contributed by atoms with van der Waals surface area (Å²) in [5.74, 6) is 0.000467. The van der Waals surface area contributed by atoms with Gasteiger partial charge < -0.3 is 19.5 Å². The van der Waals surface area contributed by atoms with Crippen molar-refractivity contribution in [2.45, 2.75) is 17.7 Å². The Morgan fingerprint density at radius 3 is 2.65 bits per heavy atom. The first-order chi connectivity index (χ1) is 15.0. The molecule has 31 heavy (non-hydrogen) atoms. The Hall–Kier alpha value is -3.30. The number of carbonyl (C=O) groups is 1. The molecular formula is C22H21N3O5S. The van der Waals surface area contributed by atoms with Crippen molar-refractivity contribution in [2.24, 2.45) is 0 Å². The van der Waals surface area contributed by atoms with Crippen molar-refractivity contribution in [3.05, 3.63) is 54.4 Å². The fourth-order valence-corrected chi connectivity index (χ4v) is 5.45. The van der Waals surface area contributed by atoms with Gasteiger partial charge in [-0.05, 0) is 31.0 Å². The lowest BCUT2D eigenvalue weighted by Gasteiger charge is -2.13. The number of sulfonamides is 1. The van der Waals surface area contributed by atoms with E-state index in [1.54, 1.807) is 6.07 Å². The third-order valence-electron chi connectivity index (χ3n) is 5.55. The number of rotatable bonds is 5. The molecule has 0 aliphatic carbocycles. The Kier molecular flexibility index (Phi) is 4.71. The summed E-state index contributed by atoms with van der Waals surface area (Å²) in [4.78, 5) is 15.7. The number of aromatic nitrogens is 1. The first-order valence-electron chi connectivity index (χ1n) is 9.96. The van der Waals surface area contributed by atoms with E-state index < -0.39 is 15.9 Å². The van der Waals surface area contributed by atoms with Gasteiger partial charge in [0.2, 0.25) is 10.0 Å². The monoisotopic (exact) mass is 439 g/mol. The Balaban J connectivity index is 1.45. The van der Waals surface area contributed by atoms with E-state index in [0.717, 1.165) is 29.2 Å². The molecule has 1 fully saturated rings. The highest BCUT2D eigenvalue weighted by atomic mass is 32.2. The van der Waals surface area contributed by atoms with E-state index in [0.29, 0.717) is 30.1 Å². The molecular weight excluding hydrogens is 418 g/mol.